The Bertz CT molecular complexity index is 925. The molecule has 8 nitrogen and oxygen atoms in total. The van der Waals surface area contributed by atoms with E-state index >= 15 is 0 Å². The van der Waals surface area contributed by atoms with Gasteiger partial charge in [-0.3, -0.25) is 9.36 Å². The quantitative estimate of drug-likeness (QED) is 0.0198. The number of ether oxygens (including phenoxy) is 2. The van der Waals surface area contributed by atoms with Gasteiger partial charge in [0.1, 0.15) is 19.8 Å². The number of phosphoric ester groups is 1. The molecule has 0 aliphatic heterocycles. The van der Waals surface area contributed by atoms with Crippen LogP contribution in [0.1, 0.15) is 239 Å². The fraction of sp³-hybridized carbons (Fsp3) is 0.938. The average molecular weight is 830 g/mol. The molecule has 0 N–H and O–H groups in total. The van der Waals surface area contributed by atoms with Gasteiger partial charge in [0, 0.05) is 6.42 Å². The maximum Gasteiger partial charge on any atom is 0.306 e. The topological polar surface area (TPSA) is 94.1 Å². The maximum atomic E-state index is 12.7. The van der Waals surface area contributed by atoms with Crippen molar-refractivity contribution in [3.63, 3.8) is 0 Å². The van der Waals surface area contributed by atoms with Crippen molar-refractivity contribution in [2.45, 2.75) is 245 Å². The third kappa shape index (κ3) is 46.0. The lowest BCUT2D eigenvalue weighted by molar-refractivity contribution is -0.870. The van der Waals surface area contributed by atoms with Crippen molar-refractivity contribution in [3.8, 4) is 0 Å². The number of hydrogen-bond donors (Lipinski definition) is 0. The highest BCUT2D eigenvalue weighted by molar-refractivity contribution is 7.45. The number of rotatable bonds is 46. The summed E-state index contributed by atoms with van der Waals surface area (Å²) in [6.45, 7) is 4.79. The van der Waals surface area contributed by atoms with Crippen LogP contribution in [0, 0.1) is 0 Å². The highest BCUT2D eigenvalue weighted by atomic mass is 31.2. The molecule has 0 amide bonds. The smallest absolute Gasteiger partial charge is 0.306 e. The third-order valence-electron chi connectivity index (χ3n) is 10.9. The molecule has 0 rings (SSSR count). The molecule has 0 saturated heterocycles. The molecule has 0 spiro atoms. The van der Waals surface area contributed by atoms with Gasteiger partial charge in [-0.25, -0.2) is 0 Å². The van der Waals surface area contributed by atoms with Crippen LogP contribution in [0.2, 0.25) is 0 Å². The molecule has 2 atom stereocenters. The summed E-state index contributed by atoms with van der Waals surface area (Å²) in [4.78, 5) is 25.1. The molecule has 0 fully saturated rings. The van der Waals surface area contributed by atoms with Crippen molar-refractivity contribution in [2.75, 3.05) is 47.5 Å². The minimum absolute atomic E-state index is 0.0205. The van der Waals surface area contributed by atoms with Gasteiger partial charge in [0.15, 0.2) is 6.10 Å². The van der Waals surface area contributed by atoms with Gasteiger partial charge < -0.3 is 27.9 Å². The summed E-state index contributed by atoms with van der Waals surface area (Å²) in [6.07, 6.45) is 47.5. The second-order valence-electron chi connectivity index (χ2n) is 17.9. The van der Waals surface area contributed by atoms with E-state index in [0.717, 1.165) is 32.1 Å². The Morgan fingerprint density at radius 2 is 0.912 bits per heavy atom. The van der Waals surface area contributed by atoms with E-state index in [0.29, 0.717) is 17.4 Å². The lowest BCUT2D eigenvalue weighted by Crippen LogP contribution is -2.37. The van der Waals surface area contributed by atoms with Gasteiger partial charge in [0.25, 0.3) is 7.82 Å². The first kappa shape index (κ1) is 56.1. The van der Waals surface area contributed by atoms with Crippen molar-refractivity contribution in [3.05, 3.63) is 12.3 Å². The van der Waals surface area contributed by atoms with Crippen molar-refractivity contribution < 1.29 is 37.3 Å². The van der Waals surface area contributed by atoms with Crippen LogP contribution in [0.5, 0.6) is 0 Å². The van der Waals surface area contributed by atoms with Gasteiger partial charge in [-0.1, -0.05) is 213 Å². The monoisotopic (exact) mass is 830 g/mol. The molecule has 0 radical (unpaired) electrons. The van der Waals surface area contributed by atoms with Crippen LogP contribution in [0.25, 0.3) is 0 Å². The normalized spacial score (nSPS) is 13.6. The zero-order valence-corrected chi connectivity index (χ0v) is 39.5. The lowest BCUT2D eigenvalue weighted by Gasteiger charge is -2.28. The second-order valence-corrected chi connectivity index (χ2v) is 19.3. The van der Waals surface area contributed by atoms with Crippen molar-refractivity contribution in [1.29, 1.82) is 0 Å². The molecule has 57 heavy (non-hydrogen) atoms. The number of esters is 1. The van der Waals surface area contributed by atoms with E-state index in [1.807, 2.05) is 27.2 Å². The average Bonchev–Trinajstić information content (AvgIpc) is 3.16. The summed E-state index contributed by atoms with van der Waals surface area (Å²) >= 11 is 0. The molecule has 0 aromatic heterocycles. The molecule has 9 heteroatoms. The summed E-state index contributed by atoms with van der Waals surface area (Å²) in [5, 5.41) is 0. The molecule has 340 valence electrons. The number of allylic oxidation sites excluding steroid dienone is 1. The van der Waals surface area contributed by atoms with Gasteiger partial charge in [-0.05, 0) is 25.3 Å². The van der Waals surface area contributed by atoms with Crippen molar-refractivity contribution >= 4 is 13.8 Å². The van der Waals surface area contributed by atoms with Crippen LogP contribution in [-0.2, 0) is 27.9 Å². The SMILES string of the molecule is CCCCCCCCCCCCCCCC/C=C\OCC(COP(=O)([O-])OCC[N+](C)(C)C)OC(=O)CCCCCCCCCCCCCCCCCCCCC. The first-order valence-electron chi connectivity index (χ1n) is 24.5. The number of hydrogen-bond acceptors (Lipinski definition) is 7. The predicted molar refractivity (Wildman–Crippen MR) is 240 cm³/mol. The third-order valence-corrected chi connectivity index (χ3v) is 11.9. The number of unbranched alkanes of at least 4 members (excludes halogenated alkanes) is 32. The zero-order valence-electron chi connectivity index (χ0n) is 38.6. The van der Waals surface area contributed by atoms with E-state index in [4.69, 9.17) is 18.5 Å². The lowest BCUT2D eigenvalue weighted by atomic mass is 10.0. The first-order valence-corrected chi connectivity index (χ1v) is 25.9. The first-order chi connectivity index (χ1) is 27.6. The molecule has 0 aromatic carbocycles. The van der Waals surface area contributed by atoms with Gasteiger partial charge in [-0.15, -0.1) is 0 Å². The number of quaternary nitrogens is 1. The van der Waals surface area contributed by atoms with E-state index in [1.165, 1.54) is 186 Å². The highest BCUT2D eigenvalue weighted by Crippen LogP contribution is 2.38. The van der Waals surface area contributed by atoms with E-state index in [-0.39, 0.29) is 25.8 Å². The Morgan fingerprint density at radius 1 is 0.544 bits per heavy atom. The van der Waals surface area contributed by atoms with Crippen molar-refractivity contribution in [2.24, 2.45) is 0 Å². The fourth-order valence-electron chi connectivity index (χ4n) is 7.10. The van der Waals surface area contributed by atoms with Gasteiger partial charge in [-0.2, -0.15) is 0 Å². The fourth-order valence-corrected chi connectivity index (χ4v) is 7.83. The molecule has 2 unspecified atom stereocenters. The van der Waals surface area contributed by atoms with E-state index < -0.39 is 13.9 Å². The number of phosphoric acid groups is 1. The van der Waals surface area contributed by atoms with Crippen LogP contribution in [0.4, 0.5) is 0 Å². The van der Waals surface area contributed by atoms with E-state index in [1.54, 1.807) is 6.26 Å². The highest BCUT2D eigenvalue weighted by Gasteiger charge is 2.20. The summed E-state index contributed by atoms with van der Waals surface area (Å²) in [6, 6.07) is 0. The molecule has 0 aliphatic rings. The number of likely N-dealkylation sites (N-methyl/N-ethyl adjacent to an activating group) is 1. The molecular weight excluding hydrogens is 734 g/mol. The summed E-state index contributed by atoms with van der Waals surface area (Å²) in [5.41, 5.74) is 0. The van der Waals surface area contributed by atoms with Gasteiger partial charge in [0.05, 0.1) is 34.0 Å². The Morgan fingerprint density at radius 3 is 1.30 bits per heavy atom. The Labute approximate surface area is 354 Å². The number of carbonyl (C=O) groups is 1. The maximum absolute atomic E-state index is 12.7. The minimum Gasteiger partial charge on any atom is -0.756 e. The molecule has 0 aromatic rings. The Hall–Kier alpha value is -0.920. The molecule has 0 heterocycles. The zero-order chi connectivity index (χ0) is 42.0. The van der Waals surface area contributed by atoms with Crippen LogP contribution in [0.15, 0.2) is 12.3 Å². The number of carbonyl (C=O) groups excluding carboxylic acids is 1. The predicted octanol–water partition coefficient (Wildman–Crippen LogP) is 14.3. The molecule has 0 aliphatic carbocycles. The van der Waals surface area contributed by atoms with Crippen LogP contribution in [0.3, 0.4) is 0 Å². The molecular formula is C48H96NO7P. The summed E-state index contributed by atoms with van der Waals surface area (Å²) in [7, 11) is 1.34. The Kier molecular flexibility index (Phi) is 41.1. The van der Waals surface area contributed by atoms with E-state index in [2.05, 4.69) is 13.8 Å². The van der Waals surface area contributed by atoms with Gasteiger partial charge in [0.2, 0.25) is 0 Å². The second kappa shape index (κ2) is 41.8. The summed E-state index contributed by atoms with van der Waals surface area (Å²) in [5.74, 6) is -0.350. The number of nitrogens with zero attached hydrogens (tertiary/aromatic N) is 1. The van der Waals surface area contributed by atoms with Crippen LogP contribution >= 0.6 is 7.82 Å². The van der Waals surface area contributed by atoms with E-state index in [9.17, 15) is 14.3 Å². The largest absolute Gasteiger partial charge is 0.756 e. The molecule has 0 saturated carbocycles. The minimum atomic E-state index is -4.54. The Balaban J connectivity index is 4.17. The van der Waals surface area contributed by atoms with Crippen LogP contribution < -0.4 is 4.89 Å². The standard InChI is InChI=1S/C48H96NO7P/c1-6-8-10-12-14-16-18-20-22-24-25-26-27-29-31-33-35-37-39-41-48(50)56-47(46-55-57(51,52)54-44-42-49(3,4)5)45-53-43-40-38-36-34-32-30-28-23-21-19-17-15-13-11-9-7-2/h40,43,47H,6-39,41-42,44-46H2,1-5H3/b43-40-. The van der Waals surface area contributed by atoms with Gasteiger partial charge >= 0.3 is 5.97 Å². The molecule has 0 bridgehead atoms. The summed E-state index contributed by atoms with van der Waals surface area (Å²) < 4.78 is 34.4. The van der Waals surface area contributed by atoms with Crippen molar-refractivity contribution in [1.82, 2.24) is 0 Å². The van der Waals surface area contributed by atoms with Crippen LogP contribution in [-0.4, -0.2) is 64.1 Å².